The number of pyridine rings is 2. The summed E-state index contributed by atoms with van der Waals surface area (Å²) in [6, 6.07) is 125. The van der Waals surface area contributed by atoms with Gasteiger partial charge in [0, 0.05) is 58.7 Å². The van der Waals surface area contributed by atoms with E-state index in [1.54, 1.807) is 0 Å². The molecule has 4 nitrogen and oxygen atoms in total. The zero-order valence-electron chi connectivity index (χ0n) is 57.2. The normalized spacial score (nSPS) is 13.2. The highest BCUT2D eigenvalue weighted by Crippen LogP contribution is 2.45. The average Bonchev–Trinajstić information content (AvgIpc) is 0.901. The Hall–Kier alpha value is -11.6. The molecule has 1 aliphatic rings. The van der Waals surface area contributed by atoms with Gasteiger partial charge in [-0.25, -0.2) is 9.97 Å². The van der Waals surface area contributed by atoms with E-state index in [2.05, 4.69) is 383 Å². The quantitative estimate of drug-likeness (QED) is 0.0864. The Kier molecular flexibility index (Phi) is 16.8. The van der Waals surface area contributed by atoms with Crippen LogP contribution in [0.5, 0.6) is 0 Å². The van der Waals surface area contributed by atoms with E-state index in [1.807, 2.05) is 12.1 Å². The SMILES string of the molecule is Brc1cc(-c2ccccc2)cc(-c2ccccc2)c1.CC1(C)OB(c2cccc(-c3c4ccc5ccccc5c4nc4c3ccc3ccccc34)c2)OC1(C)C.c1ccc(-c2cc(-c3ccccc3)cc(-c3cccc(-c4c5ccc6ccccc6c5nc5c4ccc4ccccc45)c3)c2)cc1. The van der Waals surface area contributed by atoms with Gasteiger partial charge in [-0.3, -0.25) is 0 Å². The number of aromatic nitrogens is 2. The van der Waals surface area contributed by atoms with Crippen molar-refractivity contribution in [1.29, 1.82) is 0 Å². The van der Waals surface area contributed by atoms with Crippen molar-refractivity contribution in [2.24, 2.45) is 0 Å². The van der Waals surface area contributed by atoms with Crippen molar-refractivity contribution >= 4 is 115 Å². The minimum absolute atomic E-state index is 0.387. The molecule has 1 fully saturated rings. The highest BCUT2D eigenvalue weighted by atomic mass is 79.9. The maximum atomic E-state index is 6.40. The second-order valence-corrected chi connectivity index (χ2v) is 28.4. The van der Waals surface area contributed by atoms with Gasteiger partial charge in [-0.1, -0.05) is 325 Å². The molecule has 0 atom stereocenters. The fourth-order valence-corrected chi connectivity index (χ4v) is 15.2. The molecule has 2 aromatic heterocycles. The molecule has 486 valence electrons. The molecule has 0 bridgehead atoms. The van der Waals surface area contributed by atoms with Crippen LogP contribution in [-0.2, 0) is 9.31 Å². The van der Waals surface area contributed by atoms with Gasteiger partial charge >= 0.3 is 7.12 Å². The van der Waals surface area contributed by atoms with Crippen molar-refractivity contribution in [1.82, 2.24) is 9.97 Å². The van der Waals surface area contributed by atoms with Gasteiger partial charge in [-0.2, -0.15) is 0 Å². The lowest BCUT2D eigenvalue weighted by atomic mass is 9.77. The first-order valence-corrected chi connectivity index (χ1v) is 35.7. The van der Waals surface area contributed by atoms with Gasteiger partial charge in [-0.15, -0.1) is 0 Å². The molecule has 1 saturated heterocycles. The van der Waals surface area contributed by atoms with Crippen LogP contribution < -0.4 is 5.46 Å². The molecule has 0 spiro atoms. The van der Waals surface area contributed by atoms with Crippen LogP contribution in [0.1, 0.15) is 27.7 Å². The number of hydrogen-bond acceptors (Lipinski definition) is 4. The predicted octanol–water partition coefficient (Wildman–Crippen LogP) is 25.8. The van der Waals surface area contributed by atoms with Crippen molar-refractivity contribution in [3.8, 4) is 77.9 Å². The molecule has 6 heteroatoms. The zero-order valence-corrected chi connectivity index (χ0v) is 58.7. The number of hydrogen-bond donors (Lipinski definition) is 0. The van der Waals surface area contributed by atoms with Crippen LogP contribution in [-0.4, -0.2) is 28.3 Å². The smallest absolute Gasteiger partial charge is 0.399 e. The average molecular weight is 1370 g/mol. The molecule has 0 aliphatic carbocycles. The molecule has 16 aromatic carbocycles. The summed E-state index contributed by atoms with van der Waals surface area (Å²) in [5.74, 6) is 0. The first-order valence-electron chi connectivity index (χ1n) is 35.0. The van der Waals surface area contributed by atoms with Crippen LogP contribution in [0.2, 0.25) is 0 Å². The minimum atomic E-state index is -0.411. The molecule has 1 aliphatic heterocycles. The van der Waals surface area contributed by atoms with Crippen LogP contribution in [0.15, 0.2) is 356 Å². The molecule has 102 heavy (non-hydrogen) atoms. The molecular formula is C96H70BBrN2O2. The molecule has 0 N–H and O–H groups in total. The maximum Gasteiger partial charge on any atom is 0.494 e. The lowest BCUT2D eigenvalue weighted by molar-refractivity contribution is 0.00578. The lowest BCUT2D eigenvalue weighted by Crippen LogP contribution is -2.41. The summed E-state index contributed by atoms with van der Waals surface area (Å²) in [5.41, 5.74) is 21.3. The minimum Gasteiger partial charge on any atom is -0.399 e. The Morgan fingerprint density at radius 2 is 0.500 bits per heavy atom. The Morgan fingerprint density at radius 1 is 0.235 bits per heavy atom. The molecule has 3 heterocycles. The van der Waals surface area contributed by atoms with E-state index in [1.165, 1.54) is 115 Å². The third-order valence-corrected chi connectivity index (χ3v) is 21.0. The van der Waals surface area contributed by atoms with Crippen LogP contribution in [0.4, 0.5) is 0 Å². The van der Waals surface area contributed by atoms with Gasteiger partial charge in [-0.05, 0) is 164 Å². The summed E-state index contributed by atoms with van der Waals surface area (Å²) >= 11 is 3.61. The first kappa shape index (κ1) is 63.8. The number of fused-ring (bicyclic) bond motifs is 12. The summed E-state index contributed by atoms with van der Waals surface area (Å²) < 4.78 is 13.9. The van der Waals surface area contributed by atoms with Crippen molar-refractivity contribution in [2.75, 3.05) is 0 Å². The van der Waals surface area contributed by atoms with Crippen LogP contribution in [0, 0.1) is 0 Å². The monoisotopic (exact) mass is 1370 g/mol. The Balaban J connectivity index is 0.000000123. The number of benzene rings is 16. The Bertz CT molecular complexity index is 5900. The van der Waals surface area contributed by atoms with E-state index in [0.29, 0.717) is 0 Å². The molecule has 0 radical (unpaired) electrons. The highest BCUT2D eigenvalue weighted by molar-refractivity contribution is 9.10. The third-order valence-electron chi connectivity index (χ3n) is 20.6. The van der Waals surface area contributed by atoms with E-state index in [-0.39, 0.29) is 11.2 Å². The van der Waals surface area contributed by atoms with Crippen LogP contribution in [0.3, 0.4) is 0 Å². The summed E-state index contributed by atoms with van der Waals surface area (Å²) in [4.78, 5) is 10.7. The van der Waals surface area contributed by atoms with Crippen molar-refractivity contribution in [3.05, 3.63) is 356 Å². The van der Waals surface area contributed by atoms with Crippen LogP contribution >= 0.6 is 15.9 Å². The van der Waals surface area contributed by atoms with E-state index >= 15 is 0 Å². The number of rotatable bonds is 8. The highest BCUT2D eigenvalue weighted by Gasteiger charge is 2.51. The Labute approximate surface area is 603 Å². The Morgan fingerprint density at radius 3 is 0.853 bits per heavy atom. The second kappa shape index (κ2) is 26.8. The van der Waals surface area contributed by atoms with Gasteiger partial charge < -0.3 is 9.31 Å². The zero-order chi connectivity index (χ0) is 68.9. The third kappa shape index (κ3) is 12.2. The van der Waals surface area contributed by atoms with E-state index in [0.717, 1.165) is 59.1 Å². The lowest BCUT2D eigenvalue weighted by Gasteiger charge is -2.32. The van der Waals surface area contributed by atoms with Crippen molar-refractivity contribution < 1.29 is 9.31 Å². The van der Waals surface area contributed by atoms with E-state index < -0.39 is 7.12 Å². The topological polar surface area (TPSA) is 44.2 Å². The van der Waals surface area contributed by atoms with Gasteiger partial charge in [0.05, 0.1) is 33.3 Å². The first-order chi connectivity index (χ1) is 49.9. The molecule has 0 unspecified atom stereocenters. The van der Waals surface area contributed by atoms with Gasteiger partial charge in [0.15, 0.2) is 0 Å². The van der Waals surface area contributed by atoms with Crippen molar-refractivity contribution in [2.45, 2.75) is 38.9 Å². The fourth-order valence-electron chi connectivity index (χ4n) is 14.7. The molecule has 0 saturated carbocycles. The summed E-state index contributed by atoms with van der Waals surface area (Å²) in [7, 11) is -0.411. The van der Waals surface area contributed by atoms with E-state index in [9.17, 15) is 0 Å². The van der Waals surface area contributed by atoms with Crippen molar-refractivity contribution in [3.63, 3.8) is 0 Å². The summed E-state index contributed by atoms with van der Waals surface area (Å²) in [6.07, 6.45) is 0. The molecule has 19 rings (SSSR count). The largest absolute Gasteiger partial charge is 0.494 e. The fraction of sp³-hybridized carbons (Fsp3) is 0.0625. The second-order valence-electron chi connectivity index (χ2n) is 27.5. The number of halogens is 1. The van der Waals surface area contributed by atoms with Gasteiger partial charge in [0.25, 0.3) is 0 Å². The molecular weight excluding hydrogens is 1300 g/mol. The predicted molar refractivity (Wildman–Crippen MR) is 436 cm³/mol. The molecule has 18 aromatic rings. The number of nitrogens with zero attached hydrogens (tertiary/aromatic N) is 2. The molecule has 0 amide bonds. The summed E-state index contributed by atoms with van der Waals surface area (Å²) in [6.45, 7) is 8.38. The van der Waals surface area contributed by atoms with Crippen LogP contribution in [0.25, 0.3) is 165 Å². The van der Waals surface area contributed by atoms with Gasteiger partial charge in [0.1, 0.15) is 0 Å². The summed E-state index contributed by atoms with van der Waals surface area (Å²) in [5, 5.41) is 14.1. The maximum absolute atomic E-state index is 6.40. The van der Waals surface area contributed by atoms with Gasteiger partial charge in [0.2, 0.25) is 0 Å². The van der Waals surface area contributed by atoms with E-state index in [4.69, 9.17) is 19.3 Å². The standard InChI is InChI=1S/C45H29N.C33H28BNO2.C18H13Br/c1-3-12-30(13-4-1)36-27-37(31-14-5-2-6-15-31)29-38(28-36)34-18-11-19-35(26-34)43-41-24-22-32-16-7-9-20-39(32)44(41)46-45-40-21-10-8-17-33(40)23-25-42(43)45;1-32(2)33(3,4)37-34(36-32)24-13-9-12-23(20-24)29-27-18-16-21-10-5-7-14-25(21)30(27)35-31-26-15-8-6-11-22(26)17-19-28(29)31;19-18-12-16(14-7-3-1-4-8-14)11-17(13-18)15-9-5-2-6-10-15/h1-29H;5-20H,1-4H3;1-13H.